The Morgan fingerprint density at radius 3 is 2.32 bits per heavy atom. The van der Waals surface area contributed by atoms with Crippen molar-refractivity contribution in [2.24, 2.45) is 0 Å². The van der Waals surface area contributed by atoms with Gasteiger partial charge in [0.1, 0.15) is 5.75 Å². The highest BCUT2D eigenvalue weighted by Crippen LogP contribution is 2.30. The number of aryl methyl sites for hydroxylation is 2. The van der Waals surface area contributed by atoms with E-state index in [-0.39, 0.29) is 6.10 Å². The SMILES string of the molecule is CCn1c(SCc2ccc(Cl)cc2)nnc1C(C)Oc1cc(C)c(Cl)c(C)c1. The molecule has 0 saturated carbocycles. The van der Waals surface area contributed by atoms with Crippen LogP contribution >= 0.6 is 35.0 Å². The van der Waals surface area contributed by atoms with Gasteiger partial charge in [-0.1, -0.05) is 47.1 Å². The van der Waals surface area contributed by atoms with Crippen LogP contribution in [0.5, 0.6) is 5.75 Å². The average Bonchev–Trinajstić information content (AvgIpc) is 3.08. The van der Waals surface area contributed by atoms with Crippen molar-refractivity contribution in [3.63, 3.8) is 0 Å². The third kappa shape index (κ3) is 4.83. The molecule has 4 nitrogen and oxygen atoms in total. The zero-order chi connectivity index (χ0) is 20.3. The van der Waals surface area contributed by atoms with Crippen molar-refractivity contribution in [2.45, 2.75) is 51.3 Å². The molecule has 1 atom stereocenters. The molecule has 3 aromatic rings. The molecule has 1 aromatic heterocycles. The number of hydrogen-bond donors (Lipinski definition) is 0. The first-order valence-electron chi connectivity index (χ1n) is 9.12. The first-order chi connectivity index (χ1) is 13.4. The Labute approximate surface area is 180 Å². The van der Waals surface area contributed by atoms with Gasteiger partial charge in [-0.25, -0.2) is 0 Å². The molecule has 0 bridgehead atoms. The minimum Gasteiger partial charge on any atom is -0.483 e. The first-order valence-corrected chi connectivity index (χ1v) is 10.9. The molecule has 0 fully saturated rings. The van der Waals surface area contributed by atoms with Gasteiger partial charge in [-0.3, -0.25) is 0 Å². The average molecular weight is 436 g/mol. The van der Waals surface area contributed by atoms with E-state index >= 15 is 0 Å². The number of aromatic nitrogens is 3. The number of rotatable bonds is 7. The van der Waals surface area contributed by atoms with Crippen molar-refractivity contribution in [1.82, 2.24) is 14.8 Å². The molecule has 0 N–H and O–H groups in total. The molecule has 148 valence electrons. The van der Waals surface area contributed by atoms with Crippen molar-refractivity contribution < 1.29 is 4.74 Å². The molecular formula is C21H23Cl2N3OS. The van der Waals surface area contributed by atoms with Gasteiger partial charge < -0.3 is 9.30 Å². The lowest BCUT2D eigenvalue weighted by atomic mass is 10.1. The lowest BCUT2D eigenvalue weighted by Crippen LogP contribution is -2.12. The number of hydrogen-bond acceptors (Lipinski definition) is 4. The predicted octanol–water partition coefficient (Wildman–Crippen LogP) is 6.65. The van der Waals surface area contributed by atoms with Crippen LogP contribution < -0.4 is 4.74 Å². The Bertz CT molecular complexity index is 934. The molecule has 0 spiro atoms. The van der Waals surface area contributed by atoms with Crippen LogP contribution in [0.25, 0.3) is 0 Å². The van der Waals surface area contributed by atoms with Crippen LogP contribution in [-0.4, -0.2) is 14.8 Å². The largest absolute Gasteiger partial charge is 0.483 e. The predicted molar refractivity (Wildman–Crippen MR) is 117 cm³/mol. The molecule has 7 heteroatoms. The van der Waals surface area contributed by atoms with Crippen LogP contribution in [0, 0.1) is 13.8 Å². The quantitative estimate of drug-likeness (QED) is 0.389. The summed E-state index contributed by atoms with van der Waals surface area (Å²) < 4.78 is 8.24. The summed E-state index contributed by atoms with van der Waals surface area (Å²) >= 11 is 13.9. The molecule has 0 amide bonds. The highest BCUT2D eigenvalue weighted by atomic mass is 35.5. The third-order valence-electron chi connectivity index (χ3n) is 4.43. The normalized spacial score (nSPS) is 12.2. The summed E-state index contributed by atoms with van der Waals surface area (Å²) in [6, 6.07) is 11.8. The Morgan fingerprint density at radius 1 is 1.07 bits per heavy atom. The maximum atomic E-state index is 6.26. The third-order valence-corrected chi connectivity index (χ3v) is 6.32. The van der Waals surface area contributed by atoms with Crippen molar-refractivity contribution >= 4 is 35.0 Å². The minimum atomic E-state index is -0.225. The van der Waals surface area contributed by atoms with E-state index in [1.165, 1.54) is 5.56 Å². The Morgan fingerprint density at radius 2 is 1.71 bits per heavy atom. The molecule has 1 unspecified atom stereocenters. The van der Waals surface area contributed by atoms with E-state index < -0.39 is 0 Å². The van der Waals surface area contributed by atoms with Gasteiger partial charge in [-0.2, -0.15) is 0 Å². The summed E-state index contributed by atoms with van der Waals surface area (Å²) in [5.74, 6) is 2.40. The molecule has 28 heavy (non-hydrogen) atoms. The van der Waals surface area contributed by atoms with E-state index in [1.54, 1.807) is 11.8 Å². The Kier molecular flexibility index (Phi) is 6.91. The van der Waals surface area contributed by atoms with Crippen LogP contribution in [0.1, 0.15) is 42.5 Å². The van der Waals surface area contributed by atoms with Crippen molar-refractivity contribution in [3.05, 3.63) is 69.0 Å². The van der Waals surface area contributed by atoms with E-state index in [4.69, 9.17) is 27.9 Å². The topological polar surface area (TPSA) is 39.9 Å². The zero-order valence-corrected chi connectivity index (χ0v) is 18.7. The van der Waals surface area contributed by atoms with Crippen LogP contribution in [0.3, 0.4) is 0 Å². The molecule has 1 heterocycles. The number of ether oxygens (including phenoxy) is 1. The maximum Gasteiger partial charge on any atom is 0.191 e. The first kappa shape index (κ1) is 21.0. The summed E-state index contributed by atoms with van der Waals surface area (Å²) in [7, 11) is 0. The summed E-state index contributed by atoms with van der Waals surface area (Å²) in [5, 5.41) is 11.2. The number of halogens is 2. The van der Waals surface area contributed by atoms with Crippen molar-refractivity contribution in [2.75, 3.05) is 0 Å². The van der Waals surface area contributed by atoms with E-state index in [0.29, 0.717) is 0 Å². The molecular weight excluding hydrogens is 413 g/mol. The van der Waals surface area contributed by atoms with Crippen LogP contribution in [0.15, 0.2) is 41.6 Å². The van der Waals surface area contributed by atoms with E-state index in [0.717, 1.165) is 50.2 Å². The zero-order valence-electron chi connectivity index (χ0n) is 16.4. The highest BCUT2D eigenvalue weighted by Gasteiger charge is 2.19. The van der Waals surface area contributed by atoms with Crippen LogP contribution in [0.2, 0.25) is 10.0 Å². The molecule has 0 aliphatic rings. The number of thioether (sulfide) groups is 1. The number of benzene rings is 2. The Balaban J connectivity index is 1.74. The minimum absolute atomic E-state index is 0.225. The fraction of sp³-hybridized carbons (Fsp3) is 0.333. The Hall–Kier alpha value is -1.69. The summed E-state index contributed by atoms with van der Waals surface area (Å²) in [5.41, 5.74) is 3.19. The second kappa shape index (κ2) is 9.21. The van der Waals surface area contributed by atoms with Gasteiger partial charge in [0.2, 0.25) is 0 Å². The molecule has 0 aliphatic heterocycles. The van der Waals surface area contributed by atoms with Gasteiger partial charge in [0.25, 0.3) is 0 Å². The standard InChI is InChI=1S/C21H23Cl2N3OS/c1-5-26-20(15(4)27-18-10-13(2)19(23)14(3)11-18)24-25-21(26)28-12-16-6-8-17(22)9-7-16/h6-11,15H,5,12H2,1-4H3. The van der Waals surface area contributed by atoms with Crippen molar-refractivity contribution in [3.8, 4) is 5.75 Å². The van der Waals surface area contributed by atoms with Gasteiger partial charge in [0.05, 0.1) is 0 Å². The molecule has 0 aliphatic carbocycles. The maximum absolute atomic E-state index is 6.26. The summed E-state index contributed by atoms with van der Waals surface area (Å²) in [4.78, 5) is 0. The van der Waals surface area contributed by atoms with Gasteiger partial charge in [-0.15, -0.1) is 10.2 Å². The van der Waals surface area contributed by atoms with E-state index in [9.17, 15) is 0 Å². The smallest absolute Gasteiger partial charge is 0.191 e. The van der Waals surface area contributed by atoms with Gasteiger partial charge in [0.15, 0.2) is 17.1 Å². The van der Waals surface area contributed by atoms with E-state index in [1.807, 2.05) is 57.2 Å². The fourth-order valence-corrected chi connectivity index (χ4v) is 4.16. The summed E-state index contributed by atoms with van der Waals surface area (Å²) in [6.45, 7) is 8.81. The highest BCUT2D eigenvalue weighted by molar-refractivity contribution is 7.98. The molecule has 2 aromatic carbocycles. The van der Waals surface area contributed by atoms with Crippen LogP contribution in [-0.2, 0) is 12.3 Å². The summed E-state index contributed by atoms with van der Waals surface area (Å²) in [6.07, 6.45) is -0.225. The van der Waals surface area contributed by atoms with Crippen molar-refractivity contribution in [1.29, 1.82) is 0 Å². The number of nitrogens with zero attached hydrogens (tertiary/aromatic N) is 3. The second-order valence-corrected chi connectivity index (χ2v) is 8.39. The fourth-order valence-electron chi connectivity index (χ4n) is 2.96. The van der Waals surface area contributed by atoms with E-state index in [2.05, 4.69) is 21.7 Å². The van der Waals surface area contributed by atoms with Gasteiger partial charge in [0, 0.05) is 22.3 Å². The second-order valence-electron chi connectivity index (χ2n) is 6.63. The molecule has 0 saturated heterocycles. The van der Waals surface area contributed by atoms with Crippen LogP contribution in [0.4, 0.5) is 0 Å². The van der Waals surface area contributed by atoms with Gasteiger partial charge >= 0.3 is 0 Å². The molecule has 0 radical (unpaired) electrons. The lowest BCUT2D eigenvalue weighted by Gasteiger charge is -2.17. The monoisotopic (exact) mass is 435 g/mol. The lowest BCUT2D eigenvalue weighted by molar-refractivity contribution is 0.209. The molecule has 3 rings (SSSR count). The van der Waals surface area contributed by atoms with Gasteiger partial charge in [-0.05, 0) is 68.7 Å².